The van der Waals surface area contributed by atoms with Gasteiger partial charge in [0.1, 0.15) is 5.03 Å². The summed E-state index contributed by atoms with van der Waals surface area (Å²) < 4.78 is 1.72. The second kappa shape index (κ2) is 5.89. The summed E-state index contributed by atoms with van der Waals surface area (Å²) in [6.07, 6.45) is 1.73. The number of thioether (sulfide) groups is 1. The van der Waals surface area contributed by atoms with Gasteiger partial charge in [-0.1, -0.05) is 32.5 Å². The number of pyridine rings is 1. The first kappa shape index (κ1) is 15.6. The number of aromatic nitrogens is 3. The number of carboxylic acids is 1. The molecule has 0 aliphatic carbocycles. The topological polar surface area (TPSA) is 68.0 Å². The molecule has 6 heteroatoms. The van der Waals surface area contributed by atoms with Gasteiger partial charge in [-0.2, -0.15) is 5.10 Å². The molecule has 0 bridgehead atoms. The van der Waals surface area contributed by atoms with Crippen molar-refractivity contribution in [3.8, 4) is 5.82 Å². The van der Waals surface area contributed by atoms with Crippen molar-refractivity contribution in [3.05, 3.63) is 35.7 Å². The Hall–Kier alpha value is -1.82. The standard InChI is InChI=1S/C15H19N3O2S/c1-10-5-6-16-12(7-10)18-13(21-9-14(19)20)8-11(17-18)15(2,3)4/h5-8H,9H2,1-4H3,(H,19,20). The van der Waals surface area contributed by atoms with Crippen molar-refractivity contribution in [3.63, 3.8) is 0 Å². The van der Waals surface area contributed by atoms with Crippen LogP contribution in [0, 0.1) is 6.92 Å². The minimum Gasteiger partial charge on any atom is -0.481 e. The second-order valence-corrected chi connectivity index (χ2v) is 6.90. The number of carboxylic acid groups (broad SMARTS) is 1. The van der Waals surface area contributed by atoms with Crippen molar-refractivity contribution in [2.75, 3.05) is 5.75 Å². The van der Waals surface area contributed by atoms with Crippen LogP contribution in [0.1, 0.15) is 32.0 Å². The van der Waals surface area contributed by atoms with E-state index in [0.29, 0.717) is 5.82 Å². The molecule has 1 N–H and O–H groups in total. The zero-order chi connectivity index (χ0) is 15.6. The summed E-state index contributed by atoms with van der Waals surface area (Å²) in [5.74, 6) is -0.137. The summed E-state index contributed by atoms with van der Waals surface area (Å²) in [6, 6.07) is 5.80. The molecule has 0 amide bonds. The third-order valence-corrected chi connectivity index (χ3v) is 3.88. The monoisotopic (exact) mass is 305 g/mol. The van der Waals surface area contributed by atoms with Gasteiger partial charge in [0.15, 0.2) is 5.82 Å². The van der Waals surface area contributed by atoms with E-state index in [4.69, 9.17) is 5.11 Å². The summed E-state index contributed by atoms with van der Waals surface area (Å²) in [5.41, 5.74) is 1.90. The highest BCUT2D eigenvalue weighted by Gasteiger charge is 2.21. The number of hydrogen-bond donors (Lipinski definition) is 1. The van der Waals surface area contributed by atoms with Crippen LogP contribution in [-0.4, -0.2) is 31.6 Å². The second-order valence-electron chi connectivity index (χ2n) is 5.90. The Morgan fingerprint density at radius 3 is 2.67 bits per heavy atom. The van der Waals surface area contributed by atoms with Crippen LogP contribution in [-0.2, 0) is 10.2 Å². The summed E-state index contributed by atoms with van der Waals surface area (Å²) in [7, 11) is 0. The zero-order valence-corrected chi connectivity index (χ0v) is 13.4. The Kier molecular flexibility index (Phi) is 4.37. The summed E-state index contributed by atoms with van der Waals surface area (Å²) >= 11 is 1.25. The zero-order valence-electron chi connectivity index (χ0n) is 12.6. The van der Waals surface area contributed by atoms with Crippen molar-refractivity contribution >= 4 is 17.7 Å². The van der Waals surface area contributed by atoms with Crippen LogP contribution < -0.4 is 0 Å². The van der Waals surface area contributed by atoms with Crippen LogP contribution in [0.5, 0.6) is 0 Å². The molecule has 0 atom stereocenters. The van der Waals surface area contributed by atoms with E-state index in [1.807, 2.05) is 25.1 Å². The molecule has 2 heterocycles. The highest BCUT2D eigenvalue weighted by atomic mass is 32.2. The van der Waals surface area contributed by atoms with Crippen LogP contribution in [0.25, 0.3) is 5.82 Å². The molecule has 0 aliphatic rings. The predicted molar refractivity (Wildman–Crippen MR) is 83.2 cm³/mol. The van der Waals surface area contributed by atoms with E-state index in [1.54, 1.807) is 10.9 Å². The maximum absolute atomic E-state index is 10.8. The Morgan fingerprint density at radius 1 is 1.38 bits per heavy atom. The first-order valence-electron chi connectivity index (χ1n) is 6.65. The maximum atomic E-state index is 10.8. The van der Waals surface area contributed by atoms with E-state index in [0.717, 1.165) is 16.3 Å². The molecule has 0 saturated heterocycles. The van der Waals surface area contributed by atoms with E-state index < -0.39 is 5.97 Å². The van der Waals surface area contributed by atoms with Gasteiger partial charge in [0, 0.05) is 11.6 Å². The lowest BCUT2D eigenvalue weighted by Gasteiger charge is -2.14. The Labute approximate surface area is 128 Å². The number of aryl methyl sites for hydroxylation is 1. The Bertz CT molecular complexity index is 659. The number of aliphatic carboxylic acids is 1. The maximum Gasteiger partial charge on any atom is 0.313 e. The van der Waals surface area contributed by atoms with E-state index in [2.05, 4.69) is 30.9 Å². The summed E-state index contributed by atoms with van der Waals surface area (Å²) in [4.78, 5) is 15.1. The quantitative estimate of drug-likeness (QED) is 0.879. The minimum atomic E-state index is -0.845. The van der Waals surface area contributed by atoms with Crippen LogP contribution >= 0.6 is 11.8 Å². The van der Waals surface area contributed by atoms with Crippen LogP contribution in [0.4, 0.5) is 0 Å². The van der Waals surface area contributed by atoms with Gasteiger partial charge in [0.25, 0.3) is 0 Å². The lowest BCUT2D eigenvalue weighted by Crippen LogP contribution is -2.13. The Balaban J connectivity index is 2.46. The summed E-state index contributed by atoms with van der Waals surface area (Å²) in [6.45, 7) is 8.22. The first-order valence-corrected chi connectivity index (χ1v) is 7.64. The number of rotatable bonds is 4. The molecule has 0 unspecified atom stereocenters. The molecule has 0 aromatic carbocycles. The number of nitrogens with zero attached hydrogens (tertiary/aromatic N) is 3. The molecule has 0 saturated carbocycles. The number of hydrogen-bond acceptors (Lipinski definition) is 4. The van der Waals surface area contributed by atoms with Gasteiger partial charge in [-0.15, -0.1) is 0 Å². The SMILES string of the molecule is Cc1ccnc(-n2nc(C(C)(C)C)cc2SCC(=O)O)c1. The Morgan fingerprint density at radius 2 is 2.10 bits per heavy atom. The van der Waals surface area contributed by atoms with Gasteiger partial charge in [-0.3, -0.25) is 4.79 Å². The van der Waals surface area contributed by atoms with Crippen molar-refractivity contribution in [1.29, 1.82) is 0 Å². The lowest BCUT2D eigenvalue weighted by molar-refractivity contribution is -0.133. The predicted octanol–water partition coefficient (Wildman–Crippen LogP) is 3.05. The molecule has 2 rings (SSSR count). The minimum absolute atomic E-state index is 0.00108. The molecule has 2 aromatic rings. The number of carbonyl (C=O) groups is 1. The molecule has 112 valence electrons. The van der Waals surface area contributed by atoms with Gasteiger partial charge < -0.3 is 5.11 Å². The fraction of sp³-hybridized carbons (Fsp3) is 0.400. The van der Waals surface area contributed by atoms with E-state index >= 15 is 0 Å². The van der Waals surface area contributed by atoms with E-state index in [-0.39, 0.29) is 11.2 Å². The van der Waals surface area contributed by atoms with Crippen LogP contribution in [0.15, 0.2) is 29.4 Å². The molecule has 0 spiro atoms. The van der Waals surface area contributed by atoms with Gasteiger partial charge in [0.2, 0.25) is 0 Å². The third kappa shape index (κ3) is 3.85. The average Bonchev–Trinajstić information content (AvgIpc) is 2.80. The fourth-order valence-electron chi connectivity index (χ4n) is 1.77. The van der Waals surface area contributed by atoms with Crippen LogP contribution in [0.2, 0.25) is 0 Å². The van der Waals surface area contributed by atoms with Crippen molar-refractivity contribution in [2.24, 2.45) is 0 Å². The molecular formula is C15H19N3O2S. The van der Waals surface area contributed by atoms with E-state index in [9.17, 15) is 4.79 Å². The smallest absolute Gasteiger partial charge is 0.313 e. The molecule has 0 aliphatic heterocycles. The highest BCUT2D eigenvalue weighted by Crippen LogP contribution is 2.28. The van der Waals surface area contributed by atoms with Crippen LogP contribution in [0.3, 0.4) is 0 Å². The molecule has 5 nitrogen and oxygen atoms in total. The van der Waals surface area contributed by atoms with E-state index in [1.165, 1.54) is 11.8 Å². The van der Waals surface area contributed by atoms with Gasteiger partial charge in [0.05, 0.1) is 11.4 Å². The third-order valence-electron chi connectivity index (χ3n) is 2.91. The molecule has 21 heavy (non-hydrogen) atoms. The van der Waals surface area contributed by atoms with Gasteiger partial charge in [-0.05, 0) is 30.7 Å². The van der Waals surface area contributed by atoms with Gasteiger partial charge >= 0.3 is 5.97 Å². The molecule has 2 aromatic heterocycles. The van der Waals surface area contributed by atoms with Gasteiger partial charge in [-0.25, -0.2) is 9.67 Å². The fourth-order valence-corrected chi connectivity index (χ4v) is 2.49. The first-order chi connectivity index (χ1) is 9.77. The molecule has 0 fully saturated rings. The van der Waals surface area contributed by atoms with Crippen molar-refractivity contribution in [1.82, 2.24) is 14.8 Å². The van der Waals surface area contributed by atoms with Crippen molar-refractivity contribution < 1.29 is 9.90 Å². The highest BCUT2D eigenvalue weighted by molar-refractivity contribution is 7.99. The average molecular weight is 305 g/mol. The lowest BCUT2D eigenvalue weighted by atomic mass is 9.93. The molecular weight excluding hydrogens is 286 g/mol. The largest absolute Gasteiger partial charge is 0.481 e. The normalized spacial score (nSPS) is 11.6. The van der Waals surface area contributed by atoms with Crippen molar-refractivity contribution in [2.45, 2.75) is 38.1 Å². The molecule has 0 radical (unpaired) electrons. The summed E-state index contributed by atoms with van der Waals surface area (Å²) in [5, 5.41) is 14.3.